The van der Waals surface area contributed by atoms with Crippen molar-refractivity contribution in [2.24, 2.45) is 0 Å². The predicted octanol–water partition coefficient (Wildman–Crippen LogP) is 10.1. The molecule has 0 amide bonds. The standard InChI is InChI=1S/C39H25N3O/c1-3-10-26(11-4-1)28-18-20-29(21-19-28)37-40-38(31-15-9-14-30(24-31)27-12-5-2-6-13-27)42-39(41-37)32-22-23-36-34(25-32)33-16-7-8-17-35(33)43-36/h1-25H. The Hall–Kier alpha value is -5.87. The molecule has 43 heavy (non-hydrogen) atoms. The highest BCUT2D eigenvalue weighted by molar-refractivity contribution is 6.06. The smallest absolute Gasteiger partial charge is 0.164 e. The predicted molar refractivity (Wildman–Crippen MR) is 174 cm³/mol. The Labute approximate surface area is 249 Å². The van der Waals surface area contributed by atoms with Crippen LogP contribution in [0.1, 0.15) is 0 Å². The summed E-state index contributed by atoms with van der Waals surface area (Å²) in [5, 5.41) is 2.11. The highest BCUT2D eigenvalue weighted by Gasteiger charge is 2.15. The Morgan fingerprint density at radius 2 is 0.767 bits per heavy atom. The first-order chi connectivity index (χ1) is 21.3. The van der Waals surface area contributed by atoms with Gasteiger partial charge in [0.1, 0.15) is 11.2 Å². The van der Waals surface area contributed by atoms with Crippen LogP contribution < -0.4 is 0 Å². The van der Waals surface area contributed by atoms with Gasteiger partial charge in [0.25, 0.3) is 0 Å². The molecule has 202 valence electrons. The first-order valence-electron chi connectivity index (χ1n) is 14.3. The molecule has 2 aromatic heterocycles. The molecular weight excluding hydrogens is 526 g/mol. The molecule has 0 saturated carbocycles. The van der Waals surface area contributed by atoms with E-state index in [1.54, 1.807) is 0 Å². The normalized spacial score (nSPS) is 11.3. The monoisotopic (exact) mass is 551 g/mol. The molecule has 0 radical (unpaired) electrons. The van der Waals surface area contributed by atoms with Gasteiger partial charge in [0, 0.05) is 27.5 Å². The third-order valence-corrected chi connectivity index (χ3v) is 7.75. The minimum atomic E-state index is 0.615. The van der Waals surface area contributed by atoms with E-state index >= 15 is 0 Å². The summed E-state index contributed by atoms with van der Waals surface area (Å²) in [6, 6.07) is 51.7. The van der Waals surface area contributed by atoms with Crippen molar-refractivity contribution in [2.45, 2.75) is 0 Å². The van der Waals surface area contributed by atoms with Gasteiger partial charge in [-0.25, -0.2) is 15.0 Å². The zero-order valence-electron chi connectivity index (χ0n) is 23.2. The van der Waals surface area contributed by atoms with Gasteiger partial charge >= 0.3 is 0 Å². The van der Waals surface area contributed by atoms with Gasteiger partial charge in [-0.15, -0.1) is 0 Å². The van der Waals surface area contributed by atoms with Crippen LogP contribution in [0.25, 0.3) is 78.4 Å². The van der Waals surface area contributed by atoms with E-state index in [4.69, 9.17) is 19.4 Å². The van der Waals surface area contributed by atoms with Gasteiger partial charge < -0.3 is 4.42 Å². The maximum atomic E-state index is 6.08. The van der Waals surface area contributed by atoms with Crippen molar-refractivity contribution in [1.82, 2.24) is 15.0 Å². The molecule has 8 rings (SSSR count). The number of hydrogen-bond acceptors (Lipinski definition) is 4. The van der Waals surface area contributed by atoms with Crippen molar-refractivity contribution in [2.75, 3.05) is 0 Å². The molecule has 0 saturated heterocycles. The Kier molecular flexibility index (Phi) is 6.08. The first kappa shape index (κ1) is 24.9. The summed E-state index contributed by atoms with van der Waals surface area (Å²) in [6.45, 7) is 0. The number of aromatic nitrogens is 3. The summed E-state index contributed by atoms with van der Waals surface area (Å²) in [6.07, 6.45) is 0. The van der Waals surface area contributed by atoms with E-state index in [1.807, 2.05) is 42.5 Å². The third-order valence-electron chi connectivity index (χ3n) is 7.75. The maximum Gasteiger partial charge on any atom is 0.164 e. The average Bonchev–Trinajstić information content (AvgIpc) is 3.47. The zero-order chi connectivity index (χ0) is 28.6. The van der Waals surface area contributed by atoms with Gasteiger partial charge in [0.2, 0.25) is 0 Å². The molecule has 0 atom stereocenters. The SMILES string of the molecule is c1ccc(-c2ccc(-c3nc(-c4cccc(-c5ccccc5)c4)nc(-c4ccc5oc6ccccc6c5c4)n3)cc2)cc1. The van der Waals surface area contributed by atoms with Crippen molar-refractivity contribution >= 4 is 21.9 Å². The minimum absolute atomic E-state index is 0.615. The van der Waals surface area contributed by atoms with Crippen LogP contribution in [-0.4, -0.2) is 15.0 Å². The quantitative estimate of drug-likeness (QED) is 0.214. The summed E-state index contributed by atoms with van der Waals surface area (Å²) in [4.78, 5) is 15.0. The molecule has 0 unspecified atom stereocenters. The molecule has 0 fully saturated rings. The van der Waals surface area contributed by atoms with E-state index < -0.39 is 0 Å². The lowest BCUT2D eigenvalue weighted by Gasteiger charge is -2.10. The van der Waals surface area contributed by atoms with E-state index in [0.29, 0.717) is 17.5 Å². The number of para-hydroxylation sites is 1. The van der Waals surface area contributed by atoms with Crippen LogP contribution in [0.4, 0.5) is 0 Å². The first-order valence-corrected chi connectivity index (χ1v) is 14.3. The number of fused-ring (bicyclic) bond motifs is 3. The van der Waals surface area contributed by atoms with E-state index in [-0.39, 0.29) is 0 Å². The summed E-state index contributed by atoms with van der Waals surface area (Å²) in [7, 11) is 0. The summed E-state index contributed by atoms with van der Waals surface area (Å²) < 4.78 is 6.08. The van der Waals surface area contributed by atoms with Crippen LogP contribution >= 0.6 is 0 Å². The van der Waals surface area contributed by atoms with Gasteiger partial charge in [0.15, 0.2) is 17.5 Å². The van der Waals surface area contributed by atoms with Crippen molar-refractivity contribution in [3.05, 3.63) is 152 Å². The topological polar surface area (TPSA) is 51.8 Å². The van der Waals surface area contributed by atoms with Crippen LogP contribution in [0.2, 0.25) is 0 Å². The van der Waals surface area contributed by atoms with Crippen LogP contribution in [-0.2, 0) is 0 Å². The van der Waals surface area contributed by atoms with Crippen molar-refractivity contribution in [1.29, 1.82) is 0 Å². The van der Waals surface area contributed by atoms with Crippen LogP contribution in [0.5, 0.6) is 0 Å². The lowest BCUT2D eigenvalue weighted by atomic mass is 10.0. The van der Waals surface area contributed by atoms with Gasteiger partial charge in [-0.1, -0.05) is 121 Å². The highest BCUT2D eigenvalue weighted by Crippen LogP contribution is 2.33. The number of benzene rings is 6. The Bertz CT molecular complexity index is 2220. The summed E-state index contributed by atoms with van der Waals surface area (Å²) in [5.41, 5.74) is 9.04. The number of rotatable bonds is 5. The molecule has 6 aromatic carbocycles. The van der Waals surface area contributed by atoms with E-state index in [0.717, 1.165) is 55.3 Å². The fraction of sp³-hybridized carbons (Fsp3) is 0. The molecule has 0 N–H and O–H groups in total. The minimum Gasteiger partial charge on any atom is -0.456 e. The second kappa shape index (κ2) is 10.5. The lowest BCUT2D eigenvalue weighted by molar-refractivity contribution is 0.669. The van der Waals surface area contributed by atoms with E-state index in [9.17, 15) is 0 Å². The van der Waals surface area contributed by atoms with E-state index in [2.05, 4.69) is 109 Å². The van der Waals surface area contributed by atoms with E-state index in [1.165, 1.54) is 5.56 Å². The third kappa shape index (κ3) is 4.75. The molecule has 0 spiro atoms. The summed E-state index contributed by atoms with van der Waals surface area (Å²) in [5.74, 6) is 1.87. The Balaban J connectivity index is 1.28. The second-order valence-corrected chi connectivity index (χ2v) is 10.5. The molecule has 0 aliphatic carbocycles. The van der Waals surface area contributed by atoms with Gasteiger partial charge in [0.05, 0.1) is 0 Å². The lowest BCUT2D eigenvalue weighted by Crippen LogP contribution is -2.00. The van der Waals surface area contributed by atoms with Gasteiger partial charge in [-0.3, -0.25) is 0 Å². The van der Waals surface area contributed by atoms with Crippen LogP contribution in [0.3, 0.4) is 0 Å². The molecule has 8 aromatic rings. The van der Waals surface area contributed by atoms with Crippen molar-refractivity contribution in [3.63, 3.8) is 0 Å². The molecule has 4 heteroatoms. The number of hydrogen-bond donors (Lipinski definition) is 0. The fourth-order valence-corrected chi connectivity index (χ4v) is 5.54. The molecular formula is C39H25N3O. The van der Waals surface area contributed by atoms with Crippen LogP contribution in [0, 0.1) is 0 Å². The number of nitrogens with zero attached hydrogens (tertiary/aromatic N) is 3. The average molecular weight is 552 g/mol. The Morgan fingerprint density at radius 3 is 1.49 bits per heavy atom. The van der Waals surface area contributed by atoms with Crippen molar-refractivity contribution < 1.29 is 4.42 Å². The molecule has 0 aliphatic rings. The summed E-state index contributed by atoms with van der Waals surface area (Å²) >= 11 is 0. The molecule has 0 bridgehead atoms. The zero-order valence-corrected chi connectivity index (χ0v) is 23.2. The maximum absolute atomic E-state index is 6.08. The van der Waals surface area contributed by atoms with Gasteiger partial charge in [-0.05, 0) is 52.6 Å². The molecule has 2 heterocycles. The highest BCUT2D eigenvalue weighted by atomic mass is 16.3. The number of furan rings is 1. The van der Waals surface area contributed by atoms with Crippen molar-refractivity contribution in [3.8, 4) is 56.4 Å². The molecule has 0 aliphatic heterocycles. The largest absolute Gasteiger partial charge is 0.456 e. The fourth-order valence-electron chi connectivity index (χ4n) is 5.54. The van der Waals surface area contributed by atoms with Crippen LogP contribution in [0.15, 0.2) is 156 Å². The Morgan fingerprint density at radius 1 is 0.302 bits per heavy atom. The molecule has 4 nitrogen and oxygen atoms in total. The second-order valence-electron chi connectivity index (χ2n) is 10.5. The van der Waals surface area contributed by atoms with Gasteiger partial charge in [-0.2, -0.15) is 0 Å².